The molecular weight excluding hydrogens is 176 g/mol. The lowest BCUT2D eigenvalue weighted by atomic mass is 9.77. The van der Waals surface area contributed by atoms with Gasteiger partial charge in [-0.05, 0) is 32.8 Å². The lowest BCUT2D eigenvalue weighted by Crippen LogP contribution is -2.41. The van der Waals surface area contributed by atoms with Crippen LogP contribution in [0.5, 0.6) is 0 Å². The van der Waals surface area contributed by atoms with E-state index >= 15 is 0 Å². The maximum Gasteiger partial charge on any atom is 0.126 e. The van der Waals surface area contributed by atoms with Crippen LogP contribution in [0.1, 0.15) is 40.0 Å². The molecule has 0 aromatic carbocycles. The Morgan fingerprint density at radius 3 is 2.79 bits per heavy atom. The van der Waals surface area contributed by atoms with Gasteiger partial charge in [-0.25, -0.2) is 0 Å². The fourth-order valence-electron chi connectivity index (χ4n) is 2.33. The minimum Gasteiger partial charge on any atom is -0.492 e. The van der Waals surface area contributed by atoms with Gasteiger partial charge in [-0.2, -0.15) is 0 Å². The summed E-state index contributed by atoms with van der Waals surface area (Å²) < 4.78 is 5.47. The van der Waals surface area contributed by atoms with Crippen LogP contribution in [0.15, 0.2) is 24.5 Å². The zero-order valence-corrected chi connectivity index (χ0v) is 9.34. The van der Waals surface area contributed by atoms with Crippen LogP contribution in [0.3, 0.4) is 0 Å². The lowest BCUT2D eigenvalue weighted by molar-refractivity contribution is -0.0376. The van der Waals surface area contributed by atoms with Gasteiger partial charge in [0.2, 0.25) is 0 Å². The summed E-state index contributed by atoms with van der Waals surface area (Å²) in [6.45, 7) is 9.51. The Bertz CT molecular complexity index is 253. The molecule has 14 heavy (non-hydrogen) atoms. The van der Waals surface area contributed by atoms with Crippen LogP contribution in [0.4, 0.5) is 0 Å². The third-order valence-corrected chi connectivity index (χ3v) is 2.66. The minimum atomic E-state index is -0.655. The molecule has 0 radical (unpaired) electrons. The number of hydrogen-bond donors (Lipinski definition) is 1. The SMILES string of the molecule is C=COC1(C)C=C(CC)CC(C)(O)C1. The standard InChI is InChI=1S/C12H20O2/c1-5-10-7-11(3,13)9-12(4,8-10)14-6-2/h6,8,13H,2,5,7,9H2,1,3-4H3. The molecule has 1 N–H and O–H groups in total. The van der Waals surface area contributed by atoms with Gasteiger partial charge in [-0.1, -0.05) is 19.1 Å². The molecule has 0 saturated carbocycles. The van der Waals surface area contributed by atoms with Crippen LogP contribution in [-0.2, 0) is 4.74 Å². The smallest absolute Gasteiger partial charge is 0.126 e. The van der Waals surface area contributed by atoms with Gasteiger partial charge in [0.15, 0.2) is 0 Å². The number of aliphatic hydroxyl groups is 1. The van der Waals surface area contributed by atoms with Gasteiger partial charge in [0, 0.05) is 6.42 Å². The van der Waals surface area contributed by atoms with Crippen molar-refractivity contribution in [3.8, 4) is 0 Å². The normalized spacial score (nSPS) is 37.6. The van der Waals surface area contributed by atoms with E-state index in [2.05, 4.69) is 19.6 Å². The maximum atomic E-state index is 10.1. The molecule has 1 aliphatic carbocycles. The highest BCUT2D eigenvalue weighted by atomic mass is 16.5. The van der Waals surface area contributed by atoms with Crippen molar-refractivity contribution in [1.82, 2.24) is 0 Å². The van der Waals surface area contributed by atoms with Crippen LogP contribution < -0.4 is 0 Å². The Kier molecular flexibility index (Phi) is 3.05. The van der Waals surface area contributed by atoms with Crippen molar-refractivity contribution in [2.75, 3.05) is 0 Å². The van der Waals surface area contributed by atoms with Crippen molar-refractivity contribution < 1.29 is 9.84 Å². The average Bonchev–Trinajstić information content (AvgIpc) is 2.00. The van der Waals surface area contributed by atoms with Crippen molar-refractivity contribution in [1.29, 1.82) is 0 Å². The van der Waals surface area contributed by atoms with Gasteiger partial charge in [-0.15, -0.1) is 0 Å². The van der Waals surface area contributed by atoms with Crippen LogP contribution in [0.25, 0.3) is 0 Å². The number of ether oxygens (including phenoxy) is 1. The zero-order valence-electron chi connectivity index (χ0n) is 9.34. The fraction of sp³-hybridized carbons (Fsp3) is 0.667. The first-order valence-corrected chi connectivity index (χ1v) is 5.12. The predicted octanol–water partition coefficient (Wildman–Crippen LogP) is 2.79. The molecule has 0 fully saturated rings. The molecule has 0 amide bonds. The summed E-state index contributed by atoms with van der Waals surface area (Å²) in [5, 5.41) is 10.1. The second kappa shape index (κ2) is 3.77. The molecule has 0 aromatic heterocycles. The van der Waals surface area contributed by atoms with Crippen LogP contribution in [0, 0.1) is 0 Å². The van der Waals surface area contributed by atoms with E-state index in [-0.39, 0.29) is 0 Å². The maximum absolute atomic E-state index is 10.1. The first-order valence-electron chi connectivity index (χ1n) is 5.12. The van der Waals surface area contributed by atoms with Gasteiger partial charge < -0.3 is 9.84 Å². The second-order valence-corrected chi connectivity index (χ2v) is 4.60. The quantitative estimate of drug-likeness (QED) is 0.555. The van der Waals surface area contributed by atoms with Crippen LogP contribution >= 0.6 is 0 Å². The van der Waals surface area contributed by atoms with E-state index in [0.29, 0.717) is 6.42 Å². The lowest BCUT2D eigenvalue weighted by Gasteiger charge is -2.39. The fourth-order valence-corrected chi connectivity index (χ4v) is 2.33. The van der Waals surface area contributed by atoms with E-state index in [9.17, 15) is 5.11 Å². The third-order valence-electron chi connectivity index (χ3n) is 2.66. The van der Waals surface area contributed by atoms with E-state index in [1.807, 2.05) is 13.8 Å². The summed E-state index contributed by atoms with van der Waals surface area (Å²) in [5.74, 6) is 0. The summed E-state index contributed by atoms with van der Waals surface area (Å²) in [5.41, 5.74) is 0.206. The second-order valence-electron chi connectivity index (χ2n) is 4.60. The molecule has 1 rings (SSSR count). The first kappa shape index (κ1) is 11.3. The highest BCUT2D eigenvalue weighted by Gasteiger charge is 2.38. The molecule has 0 saturated heterocycles. The molecule has 80 valence electrons. The molecule has 0 spiro atoms. The van der Waals surface area contributed by atoms with Crippen molar-refractivity contribution in [3.05, 3.63) is 24.5 Å². The molecular formula is C12H20O2. The average molecular weight is 196 g/mol. The molecule has 2 nitrogen and oxygen atoms in total. The highest BCUT2D eigenvalue weighted by Crippen LogP contribution is 2.37. The Morgan fingerprint density at radius 1 is 1.64 bits per heavy atom. The van der Waals surface area contributed by atoms with E-state index in [1.54, 1.807) is 0 Å². The molecule has 0 aromatic rings. The molecule has 2 unspecified atom stereocenters. The minimum absolute atomic E-state index is 0.394. The summed E-state index contributed by atoms with van der Waals surface area (Å²) >= 11 is 0. The van der Waals surface area contributed by atoms with Gasteiger partial charge in [0.05, 0.1) is 11.9 Å². The van der Waals surface area contributed by atoms with E-state index in [4.69, 9.17) is 4.74 Å². The topological polar surface area (TPSA) is 29.5 Å². The van der Waals surface area contributed by atoms with Gasteiger partial charge in [-0.3, -0.25) is 0 Å². The molecule has 0 aliphatic heterocycles. The molecule has 2 heteroatoms. The van der Waals surface area contributed by atoms with Crippen molar-refractivity contribution >= 4 is 0 Å². The Balaban J connectivity index is 2.91. The van der Waals surface area contributed by atoms with Crippen LogP contribution in [0.2, 0.25) is 0 Å². The zero-order chi connectivity index (χ0) is 10.8. The summed E-state index contributed by atoms with van der Waals surface area (Å²) in [6.07, 6.45) is 5.90. The Hall–Kier alpha value is -0.760. The Morgan fingerprint density at radius 2 is 2.29 bits per heavy atom. The monoisotopic (exact) mass is 196 g/mol. The highest BCUT2D eigenvalue weighted by molar-refractivity contribution is 5.19. The first-order chi connectivity index (χ1) is 6.41. The predicted molar refractivity (Wildman–Crippen MR) is 57.9 cm³/mol. The van der Waals surface area contributed by atoms with Gasteiger partial charge in [0.25, 0.3) is 0 Å². The largest absolute Gasteiger partial charge is 0.492 e. The molecule has 1 aliphatic rings. The summed E-state index contributed by atoms with van der Waals surface area (Å²) in [7, 11) is 0. The summed E-state index contributed by atoms with van der Waals surface area (Å²) in [6, 6.07) is 0. The van der Waals surface area contributed by atoms with E-state index in [0.717, 1.165) is 12.8 Å². The van der Waals surface area contributed by atoms with Crippen molar-refractivity contribution in [3.63, 3.8) is 0 Å². The van der Waals surface area contributed by atoms with Crippen molar-refractivity contribution in [2.24, 2.45) is 0 Å². The number of rotatable bonds is 3. The third kappa shape index (κ3) is 2.61. The molecule has 0 heterocycles. The summed E-state index contributed by atoms with van der Waals surface area (Å²) in [4.78, 5) is 0. The van der Waals surface area contributed by atoms with Crippen molar-refractivity contribution in [2.45, 2.75) is 51.2 Å². The Labute approximate surface area is 86.3 Å². The molecule has 0 bridgehead atoms. The number of hydrogen-bond acceptors (Lipinski definition) is 2. The van der Waals surface area contributed by atoms with E-state index < -0.39 is 11.2 Å². The van der Waals surface area contributed by atoms with Gasteiger partial charge >= 0.3 is 0 Å². The van der Waals surface area contributed by atoms with Gasteiger partial charge in [0.1, 0.15) is 5.60 Å². The van der Waals surface area contributed by atoms with E-state index in [1.165, 1.54) is 11.8 Å². The van der Waals surface area contributed by atoms with Crippen LogP contribution in [-0.4, -0.2) is 16.3 Å². The molecule has 2 atom stereocenters.